The average Bonchev–Trinajstić information content (AvgIpc) is 3.32. The number of hydrogen-bond acceptors (Lipinski definition) is 5. The highest BCUT2D eigenvalue weighted by molar-refractivity contribution is 6.33. The van der Waals surface area contributed by atoms with E-state index in [-0.39, 0.29) is 12.2 Å². The summed E-state index contributed by atoms with van der Waals surface area (Å²) in [5.41, 5.74) is 3.95. The molecule has 0 aliphatic heterocycles. The number of nitrogens with zero attached hydrogens (tertiary/aromatic N) is 2. The quantitative estimate of drug-likeness (QED) is 0.432. The Bertz CT molecular complexity index is 1150. The van der Waals surface area contributed by atoms with Crippen LogP contribution in [-0.2, 0) is 11.2 Å². The summed E-state index contributed by atoms with van der Waals surface area (Å²) in [4.78, 5) is 20.1. The number of furan rings is 1. The minimum absolute atomic E-state index is 0.0546. The fourth-order valence-corrected chi connectivity index (χ4v) is 3.29. The molecule has 4 rings (SSSR count). The van der Waals surface area contributed by atoms with E-state index in [1.54, 1.807) is 25.4 Å². The fraction of sp³-hybridized carbons (Fsp3) is 0.136. The van der Waals surface area contributed by atoms with Crippen LogP contribution < -0.4 is 0 Å². The van der Waals surface area contributed by atoms with Gasteiger partial charge in [0.25, 0.3) is 0 Å². The lowest BCUT2D eigenvalue weighted by Crippen LogP contribution is -2.00. The van der Waals surface area contributed by atoms with Crippen molar-refractivity contribution in [2.24, 2.45) is 0 Å². The highest BCUT2D eigenvalue weighted by atomic mass is 35.5. The first-order valence-electron chi connectivity index (χ1n) is 8.77. The Balaban J connectivity index is 1.90. The summed E-state index contributed by atoms with van der Waals surface area (Å²) in [7, 11) is 0. The van der Waals surface area contributed by atoms with Gasteiger partial charge in [0, 0.05) is 29.4 Å². The van der Waals surface area contributed by atoms with E-state index in [1.165, 1.54) is 6.26 Å². The topological polar surface area (TPSA) is 69.1 Å². The number of rotatable bonds is 5. The Labute approximate surface area is 167 Å². The Kier molecular flexibility index (Phi) is 4.84. The van der Waals surface area contributed by atoms with Gasteiger partial charge in [-0.15, -0.1) is 0 Å². The Morgan fingerprint density at radius 1 is 1.11 bits per heavy atom. The summed E-state index contributed by atoms with van der Waals surface area (Å²) < 4.78 is 11.7. The lowest BCUT2D eigenvalue weighted by atomic mass is 10.0. The second-order valence-electron chi connectivity index (χ2n) is 6.54. The molecule has 0 fully saturated rings. The smallest absolute Gasteiger partial charge is 0.229 e. The predicted molar refractivity (Wildman–Crippen MR) is 107 cm³/mol. The number of pyridine rings is 1. The number of Topliss-reactive ketones (excluding diaryl/α,β-unsaturated/α-hetero) is 1. The first-order chi connectivity index (χ1) is 13.5. The van der Waals surface area contributed by atoms with Gasteiger partial charge in [0.2, 0.25) is 5.89 Å². The molecule has 0 saturated heterocycles. The molecule has 0 radical (unpaired) electrons. The van der Waals surface area contributed by atoms with Crippen molar-refractivity contribution in [1.82, 2.24) is 9.97 Å². The van der Waals surface area contributed by atoms with Gasteiger partial charge in [0.1, 0.15) is 23.6 Å². The normalized spacial score (nSPS) is 11.0. The fourth-order valence-electron chi connectivity index (χ4n) is 3.07. The number of halogens is 1. The first-order valence-corrected chi connectivity index (χ1v) is 9.14. The third kappa shape index (κ3) is 3.49. The molecule has 0 spiro atoms. The van der Waals surface area contributed by atoms with Gasteiger partial charge in [0.15, 0.2) is 0 Å². The van der Waals surface area contributed by atoms with Crippen molar-refractivity contribution >= 4 is 17.4 Å². The van der Waals surface area contributed by atoms with Crippen LogP contribution in [0.4, 0.5) is 0 Å². The van der Waals surface area contributed by atoms with E-state index in [0.29, 0.717) is 33.7 Å². The molecule has 0 bridgehead atoms. The van der Waals surface area contributed by atoms with Crippen molar-refractivity contribution in [3.63, 3.8) is 0 Å². The standard InChI is InChI=1S/C22H17ClN2O3/c1-13-12-25-15(9-14(2)26)10-17(13)20-11-18(22-24-7-8-27-22)21(28-20)16-5-3-4-6-19(16)23/h3-8,10-12H,9H2,1-2H3. The zero-order chi connectivity index (χ0) is 19.7. The number of carbonyl (C=O) groups excluding carboxylic acids is 1. The molecule has 0 aliphatic rings. The minimum Gasteiger partial charge on any atom is -0.455 e. The van der Waals surface area contributed by atoms with E-state index in [1.807, 2.05) is 37.3 Å². The maximum absolute atomic E-state index is 11.5. The van der Waals surface area contributed by atoms with Gasteiger partial charge in [-0.3, -0.25) is 9.78 Å². The summed E-state index contributed by atoms with van der Waals surface area (Å²) in [5, 5.41) is 0.569. The third-order valence-corrected chi connectivity index (χ3v) is 4.70. The molecule has 0 N–H and O–H groups in total. The maximum Gasteiger partial charge on any atom is 0.229 e. The molecule has 0 amide bonds. The molecule has 4 aromatic rings. The van der Waals surface area contributed by atoms with Crippen molar-refractivity contribution in [2.45, 2.75) is 20.3 Å². The van der Waals surface area contributed by atoms with Crippen LogP contribution in [-0.4, -0.2) is 15.8 Å². The van der Waals surface area contributed by atoms with Gasteiger partial charge >= 0.3 is 0 Å². The zero-order valence-corrected chi connectivity index (χ0v) is 16.2. The van der Waals surface area contributed by atoms with Crippen LogP contribution in [0.1, 0.15) is 18.2 Å². The molecule has 0 aliphatic carbocycles. The van der Waals surface area contributed by atoms with Gasteiger partial charge in [-0.2, -0.15) is 0 Å². The van der Waals surface area contributed by atoms with Crippen molar-refractivity contribution < 1.29 is 13.6 Å². The monoisotopic (exact) mass is 392 g/mol. The van der Waals surface area contributed by atoms with Gasteiger partial charge in [-0.25, -0.2) is 4.98 Å². The molecule has 0 atom stereocenters. The molecule has 3 heterocycles. The highest BCUT2D eigenvalue weighted by Crippen LogP contribution is 2.41. The van der Waals surface area contributed by atoms with Crippen molar-refractivity contribution in [1.29, 1.82) is 0 Å². The van der Waals surface area contributed by atoms with Crippen LogP contribution in [0.25, 0.3) is 34.1 Å². The van der Waals surface area contributed by atoms with E-state index in [0.717, 1.165) is 16.7 Å². The maximum atomic E-state index is 11.5. The number of benzene rings is 1. The van der Waals surface area contributed by atoms with E-state index in [2.05, 4.69) is 9.97 Å². The number of carbonyl (C=O) groups is 1. The zero-order valence-electron chi connectivity index (χ0n) is 15.4. The molecule has 28 heavy (non-hydrogen) atoms. The van der Waals surface area contributed by atoms with Crippen molar-refractivity contribution in [3.8, 4) is 34.1 Å². The summed E-state index contributed by atoms with van der Waals surface area (Å²) in [6, 6.07) is 11.2. The summed E-state index contributed by atoms with van der Waals surface area (Å²) in [5.74, 6) is 1.71. The minimum atomic E-state index is 0.0546. The molecule has 6 heteroatoms. The molecular formula is C22H17ClN2O3. The number of hydrogen-bond donors (Lipinski definition) is 0. The summed E-state index contributed by atoms with van der Waals surface area (Å²) in [6.45, 7) is 3.49. The second kappa shape index (κ2) is 7.44. The van der Waals surface area contributed by atoms with E-state index < -0.39 is 0 Å². The van der Waals surface area contributed by atoms with Crippen LogP contribution in [0, 0.1) is 6.92 Å². The molecule has 0 unspecified atom stereocenters. The second-order valence-corrected chi connectivity index (χ2v) is 6.95. The van der Waals surface area contributed by atoms with Crippen LogP contribution in [0.5, 0.6) is 0 Å². The summed E-state index contributed by atoms with van der Waals surface area (Å²) in [6.07, 6.45) is 5.12. The van der Waals surface area contributed by atoms with Gasteiger partial charge in [0.05, 0.1) is 16.8 Å². The lowest BCUT2D eigenvalue weighted by molar-refractivity contribution is -0.116. The average molecular weight is 393 g/mol. The number of aryl methyl sites for hydroxylation is 1. The van der Waals surface area contributed by atoms with Crippen molar-refractivity contribution in [2.75, 3.05) is 0 Å². The third-order valence-electron chi connectivity index (χ3n) is 4.37. The van der Waals surface area contributed by atoms with E-state index in [9.17, 15) is 4.79 Å². The number of ketones is 1. The largest absolute Gasteiger partial charge is 0.455 e. The van der Waals surface area contributed by atoms with Gasteiger partial charge in [-0.1, -0.05) is 23.7 Å². The number of oxazole rings is 1. The molecule has 5 nitrogen and oxygen atoms in total. The van der Waals surface area contributed by atoms with E-state index >= 15 is 0 Å². The lowest BCUT2D eigenvalue weighted by Gasteiger charge is -2.06. The molecule has 0 saturated carbocycles. The van der Waals surface area contributed by atoms with Crippen LogP contribution >= 0.6 is 11.6 Å². The molecular weight excluding hydrogens is 376 g/mol. The molecule has 1 aromatic carbocycles. The van der Waals surface area contributed by atoms with Gasteiger partial charge < -0.3 is 8.83 Å². The summed E-state index contributed by atoms with van der Waals surface area (Å²) >= 11 is 6.40. The van der Waals surface area contributed by atoms with E-state index in [4.69, 9.17) is 20.4 Å². The van der Waals surface area contributed by atoms with Gasteiger partial charge in [-0.05, 0) is 43.7 Å². The Morgan fingerprint density at radius 3 is 2.64 bits per heavy atom. The van der Waals surface area contributed by atoms with Crippen molar-refractivity contribution in [3.05, 3.63) is 71.3 Å². The predicted octanol–water partition coefficient (Wildman–Crippen LogP) is 5.76. The SMILES string of the molecule is CC(=O)Cc1cc(-c2cc(-c3ncco3)c(-c3ccccc3Cl)o2)c(C)cn1. The number of aromatic nitrogens is 2. The Morgan fingerprint density at radius 2 is 1.93 bits per heavy atom. The molecule has 140 valence electrons. The van der Waals surface area contributed by atoms with Crippen LogP contribution in [0.2, 0.25) is 5.02 Å². The molecule has 3 aromatic heterocycles. The first kappa shape index (κ1) is 18.2. The van der Waals surface area contributed by atoms with Crippen LogP contribution in [0.3, 0.4) is 0 Å². The van der Waals surface area contributed by atoms with Crippen LogP contribution in [0.15, 0.2) is 63.9 Å². The Hall–Kier alpha value is -3.18. The highest BCUT2D eigenvalue weighted by Gasteiger charge is 2.21.